The van der Waals surface area contributed by atoms with Crippen LogP contribution in [0.5, 0.6) is 0 Å². The molecule has 25 heavy (non-hydrogen) atoms. The molecule has 1 saturated carbocycles. The molecule has 6 nitrogen and oxygen atoms in total. The number of sulfonamides is 1. The molecule has 1 aliphatic carbocycles. The predicted molar refractivity (Wildman–Crippen MR) is 97.3 cm³/mol. The molecule has 2 fully saturated rings. The van der Waals surface area contributed by atoms with Crippen LogP contribution in [0.4, 0.5) is 0 Å². The van der Waals surface area contributed by atoms with Gasteiger partial charge in [0.05, 0.1) is 11.1 Å². The molecule has 136 valence electrons. The predicted octanol–water partition coefficient (Wildman–Crippen LogP) is 3.00. The van der Waals surface area contributed by atoms with Crippen LogP contribution in [0, 0.1) is 0 Å². The van der Waals surface area contributed by atoms with Gasteiger partial charge in [-0.3, -0.25) is 0 Å². The van der Waals surface area contributed by atoms with Crippen LogP contribution >= 0.6 is 11.3 Å². The summed E-state index contributed by atoms with van der Waals surface area (Å²) >= 11 is 1.27. The van der Waals surface area contributed by atoms with E-state index in [-0.39, 0.29) is 0 Å². The first kappa shape index (κ1) is 17.2. The third-order valence-electron chi connectivity index (χ3n) is 5.17. The van der Waals surface area contributed by atoms with Crippen LogP contribution in [-0.2, 0) is 10.0 Å². The van der Waals surface area contributed by atoms with Crippen molar-refractivity contribution in [1.29, 1.82) is 0 Å². The topological polar surface area (TPSA) is 66.7 Å². The summed E-state index contributed by atoms with van der Waals surface area (Å²) in [7, 11) is -3.42. The van der Waals surface area contributed by atoms with Crippen molar-refractivity contribution in [3.63, 3.8) is 0 Å². The van der Waals surface area contributed by atoms with Crippen molar-refractivity contribution < 1.29 is 12.8 Å². The van der Waals surface area contributed by atoms with Crippen molar-refractivity contribution >= 4 is 21.4 Å². The van der Waals surface area contributed by atoms with Crippen LogP contribution in [0.15, 0.2) is 27.0 Å². The molecule has 0 unspecified atom stereocenters. The van der Waals surface area contributed by atoms with E-state index in [4.69, 9.17) is 4.42 Å². The average molecular weight is 382 g/mol. The number of hydrogen-bond acceptors (Lipinski definition) is 6. The molecule has 0 radical (unpaired) electrons. The number of oxazole rings is 1. The lowest BCUT2D eigenvalue weighted by Crippen LogP contribution is -2.48. The minimum Gasteiger partial charge on any atom is -0.440 e. The Morgan fingerprint density at radius 3 is 2.64 bits per heavy atom. The van der Waals surface area contributed by atoms with Gasteiger partial charge in [0, 0.05) is 32.1 Å². The summed E-state index contributed by atoms with van der Waals surface area (Å²) in [4.78, 5) is 7.46. The van der Waals surface area contributed by atoms with E-state index in [0.29, 0.717) is 29.0 Å². The lowest BCUT2D eigenvalue weighted by Gasteiger charge is -2.32. The maximum Gasteiger partial charge on any atom is 0.252 e. The van der Waals surface area contributed by atoms with Gasteiger partial charge in [-0.2, -0.15) is 4.31 Å². The molecule has 2 aliphatic rings. The Labute approximate surface area is 152 Å². The summed E-state index contributed by atoms with van der Waals surface area (Å²) in [5.41, 5.74) is 0. The van der Waals surface area contributed by atoms with E-state index in [1.54, 1.807) is 16.6 Å². The Bertz CT molecular complexity index is 831. The van der Waals surface area contributed by atoms with E-state index in [1.807, 2.05) is 6.07 Å². The highest BCUT2D eigenvalue weighted by Crippen LogP contribution is 2.39. The lowest BCUT2D eigenvalue weighted by molar-refractivity contribution is 0.196. The number of likely N-dealkylation sites (N-methyl/N-ethyl adjacent to an activating group) is 1. The zero-order chi connectivity index (χ0) is 17.4. The van der Waals surface area contributed by atoms with Gasteiger partial charge in [0.2, 0.25) is 0 Å². The van der Waals surface area contributed by atoms with Gasteiger partial charge in [-0.05, 0) is 31.5 Å². The number of nitrogens with zero attached hydrogens (tertiary/aromatic N) is 3. The number of piperazine rings is 1. The monoisotopic (exact) mass is 381 g/mol. The van der Waals surface area contributed by atoms with Gasteiger partial charge >= 0.3 is 0 Å². The van der Waals surface area contributed by atoms with Gasteiger partial charge in [-0.15, -0.1) is 11.3 Å². The maximum absolute atomic E-state index is 12.9. The minimum atomic E-state index is -3.42. The number of aromatic nitrogens is 1. The first-order valence-electron chi connectivity index (χ1n) is 8.86. The molecule has 1 saturated heterocycles. The van der Waals surface area contributed by atoms with Crippen molar-refractivity contribution in [1.82, 2.24) is 14.2 Å². The van der Waals surface area contributed by atoms with Crippen LogP contribution in [-0.4, -0.2) is 55.3 Å². The quantitative estimate of drug-likeness (QED) is 0.796. The molecule has 0 atom stereocenters. The first-order valence-corrected chi connectivity index (χ1v) is 11.1. The molecule has 8 heteroatoms. The van der Waals surface area contributed by atoms with Crippen molar-refractivity contribution in [3.8, 4) is 10.6 Å². The third-order valence-corrected chi connectivity index (χ3v) is 8.64. The normalized spacial score (nSPS) is 20.7. The Kier molecular flexibility index (Phi) is 4.70. The Hall–Kier alpha value is -1.22. The second-order valence-corrected chi connectivity index (χ2v) is 9.90. The smallest absolute Gasteiger partial charge is 0.252 e. The van der Waals surface area contributed by atoms with Crippen molar-refractivity contribution in [2.75, 3.05) is 32.7 Å². The van der Waals surface area contributed by atoms with Crippen molar-refractivity contribution in [2.45, 2.75) is 36.3 Å². The standard InChI is InChI=1S/C17H23N3O3S2/c1-2-19-8-10-20(11-9-19)25(21,22)16-7-6-15(24-16)14-12-18-17(23-14)13-4-3-5-13/h6-7,12-13H,2-5,8-11H2,1H3. The summed E-state index contributed by atoms with van der Waals surface area (Å²) in [5, 5.41) is 0. The number of hydrogen-bond donors (Lipinski definition) is 0. The summed E-state index contributed by atoms with van der Waals surface area (Å²) in [5.74, 6) is 1.89. The van der Waals surface area contributed by atoms with Crippen LogP contribution in [0.2, 0.25) is 0 Å². The van der Waals surface area contributed by atoms with Gasteiger partial charge in [-0.25, -0.2) is 13.4 Å². The highest BCUT2D eigenvalue weighted by molar-refractivity contribution is 7.91. The molecule has 0 spiro atoms. The van der Waals surface area contributed by atoms with Gasteiger partial charge in [0.25, 0.3) is 10.0 Å². The SMILES string of the molecule is CCN1CCN(S(=O)(=O)c2ccc(-c3cnc(C4CCC4)o3)s2)CC1. The fourth-order valence-corrected chi connectivity index (χ4v) is 6.08. The molecular weight excluding hydrogens is 358 g/mol. The zero-order valence-corrected chi connectivity index (χ0v) is 16.0. The fourth-order valence-electron chi connectivity index (χ4n) is 3.25. The number of rotatable bonds is 5. The van der Waals surface area contributed by atoms with Crippen molar-refractivity contribution in [3.05, 3.63) is 24.2 Å². The molecule has 0 N–H and O–H groups in total. The van der Waals surface area contributed by atoms with Gasteiger partial charge < -0.3 is 9.32 Å². The molecule has 2 aromatic heterocycles. The van der Waals surface area contributed by atoms with Gasteiger partial charge in [0.15, 0.2) is 11.7 Å². The van der Waals surface area contributed by atoms with Crippen LogP contribution in [0.25, 0.3) is 10.6 Å². The second kappa shape index (κ2) is 6.83. The maximum atomic E-state index is 12.9. The molecule has 4 rings (SSSR count). The summed E-state index contributed by atoms with van der Waals surface area (Å²) in [6, 6.07) is 3.51. The van der Waals surface area contributed by atoms with E-state index >= 15 is 0 Å². The molecule has 0 bridgehead atoms. The lowest BCUT2D eigenvalue weighted by atomic mass is 9.85. The fraction of sp³-hybridized carbons (Fsp3) is 0.588. The molecule has 0 aromatic carbocycles. The molecule has 3 heterocycles. The van der Waals surface area contributed by atoms with Crippen molar-refractivity contribution in [2.24, 2.45) is 0 Å². The highest BCUT2D eigenvalue weighted by atomic mass is 32.2. The average Bonchev–Trinajstić information content (AvgIpc) is 3.22. The van der Waals surface area contributed by atoms with E-state index < -0.39 is 10.0 Å². The Morgan fingerprint density at radius 1 is 1.24 bits per heavy atom. The molecular formula is C17H23N3O3S2. The van der Waals surface area contributed by atoms with E-state index in [0.717, 1.165) is 43.2 Å². The third kappa shape index (κ3) is 3.28. The second-order valence-electron chi connectivity index (χ2n) is 6.65. The molecule has 1 aliphatic heterocycles. The Balaban J connectivity index is 1.51. The van der Waals surface area contributed by atoms with Crippen LogP contribution < -0.4 is 0 Å². The molecule has 0 amide bonds. The number of thiophene rings is 1. The highest BCUT2D eigenvalue weighted by Gasteiger charge is 2.30. The largest absolute Gasteiger partial charge is 0.440 e. The van der Waals surface area contributed by atoms with E-state index in [2.05, 4.69) is 16.8 Å². The zero-order valence-electron chi connectivity index (χ0n) is 14.3. The molecule has 2 aromatic rings. The van der Waals surface area contributed by atoms with Crippen LogP contribution in [0.1, 0.15) is 38.0 Å². The van der Waals surface area contributed by atoms with E-state index in [9.17, 15) is 8.42 Å². The Morgan fingerprint density at radius 2 is 2.00 bits per heavy atom. The van der Waals surface area contributed by atoms with Gasteiger partial charge in [-0.1, -0.05) is 13.3 Å². The van der Waals surface area contributed by atoms with Gasteiger partial charge in [0.1, 0.15) is 4.21 Å². The summed E-state index contributed by atoms with van der Waals surface area (Å²) < 4.78 is 33.6. The summed E-state index contributed by atoms with van der Waals surface area (Å²) in [6.07, 6.45) is 5.21. The van der Waals surface area contributed by atoms with Crippen LogP contribution in [0.3, 0.4) is 0 Å². The van der Waals surface area contributed by atoms with E-state index in [1.165, 1.54) is 17.8 Å². The minimum absolute atomic E-state index is 0.383. The summed E-state index contributed by atoms with van der Waals surface area (Å²) in [6.45, 7) is 5.76. The first-order chi connectivity index (χ1) is 12.1.